The molecule has 0 spiro atoms. The molecule has 0 aromatic heterocycles. The average molecular weight is 187 g/mol. The minimum absolute atomic E-state index is 0.00521. The number of aliphatic hydroxyl groups is 1. The summed E-state index contributed by atoms with van der Waals surface area (Å²) in [6.45, 7) is 10.1. The van der Waals surface area contributed by atoms with Crippen LogP contribution in [-0.2, 0) is 4.74 Å². The van der Waals surface area contributed by atoms with Gasteiger partial charge in [-0.25, -0.2) is 0 Å². The molecule has 3 nitrogen and oxygen atoms in total. The van der Waals surface area contributed by atoms with Crippen LogP contribution in [0, 0.1) is 10.8 Å². The van der Waals surface area contributed by atoms with Crippen molar-refractivity contribution in [2.45, 2.75) is 20.8 Å². The van der Waals surface area contributed by atoms with Crippen LogP contribution in [0.25, 0.3) is 0 Å². The van der Waals surface area contributed by atoms with E-state index >= 15 is 0 Å². The first-order chi connectivity index (χ1) is 5.97. The molecule has 0 aromatic rings. The van der Waals surface area contributed by atoms with Gasteiger partial charge in [0.2, 0.25) is 0 Å². The Morgan fingerprint density at radius 1 is 1.38 bits per heavy atom. The molecule has 2 N–H and O–H groups in total. The van der Waals surface area contributed by atoms with Crippen LogP contribution in [0.15, 0.2) is 0 Å². The number of rotatable bonds is 4. The summed E-state index contributed by atoms with van der Waals surface area (Å²) in [4.78, 5) is 0. The Balaban J connectivity index is 2.18. The van der Waals surface area contributed by atoms with Crippen LogP contribution in [0.3, 0.4) is 0 Å². The Kier molecular flexibility index (Phi) is 3.33. The Morgan fingerprint density at radius 2 is 2.00 bits per heavy atom. The Bertz CT molecular complexity index is 153. The van der Waals surface area contributed by atoms with Crippen LogP contribution >= 0.6 is 0 Å². The standard InChI is InChI=1S/C10H21NO2/c1-9(2,3)4-11-5-10(6-12)7-13-8-10/h11-12H,4-8H2,1-3H3. The molecule has 1 saturated heterocycles. The number of ether oxygens (including phenoxy) is 1. The lowest BCUT2D eigenvalue weighted by Gasteiger charge is -2.40. The second kappa shape index (κ2) is 3.95. The average Bonchev–Trinajstić information content (AvgIpc) is 1.92. The van der Waals surface area contributed by atoms with Crippen LogP contribution in [0.1, 0.15) is 20.8 Å². The highest BCUT2D eigenvalue weighted by Crippen LogP contribution is 2.25. The molecule has 0 bridgehead atoms. The molecule has 1 heterocycles. The topological polar surface area (TPSA) is 41.5 Å². The zero-order chi connectivity index (χ0) is 9.95. The van der Waals surface area contributed by atoms with E-state index < -0.39 is 0 Å². The lowest BCUT2D eigenvalue weighted by molar-refractivity contribution is -0.134. The van der Waals surface area contributed by atoms with Crippen molar-refractivity contribution in [2.75, 3.05) is 32.9 Å². The maximum Gasteiger partial charge on any atom is 0.0579 e. The first-order valence-electron chi connectivity index (χ1n) is 4.87. The van der Waals surface area contributed by atoms with Crippen LogP contribution in [0.4, 0.5) is 0 Å². The van der Waals surface area contributed by atoms with E-state index in [-0.39, 0.29) is 12.0 Å². The van der Waals surface area contributed by atoms with Crippen LogP contribution in [0.5, 0.6) is 0 Å². The van der Waals surface area contributed by atoms with Gasteiger partial charge in [-0.15, -0.1) is 0 Å². The third kappa shape index (κ3) is 3.25. The van der Waals surface area contributed by atoms with E-state index in [4.69, 9.17) is 9.84 Å². The zero-order valence-electron chi connectivity index (χ0n) is 8.89. The fraction of sp³-hybridized carbons (Fsp3) is 1.00. The molecule has 1 fully saturated rings. The third-order valence-corrected chi connectivity index (χ3v) is 2.31. The summed E-state index contributed by atoms with van der Waals surface area (Å²) in [7, 11) is 0. The van der Waals surface area contributed by atoms with Crippen molar-refractivity contribution in [1.29, 1.82) is 0 Å². The van der Waals surface area contributed by atoms with Crippen molar-refractivity contribution in [3.8, 4) is 0 Å². The van der Waals surface area contributed by atoms with E-state index in [1.165, 1.54) is 0 Å². The highest BCUT2D eigenvalue weighted by molar-refractivity contribution is 4.87. The van der Waals surface area contributed by atoms with Crippen LogP contribution in [-0.4, -0.2) is 38.0 Å². The molecule has 0 unspecified atom stereocenters. The Labute approximate surface area is 80.5 Å². The molecule has 0 amide bonds. The van der Waals surface area contributed by atoms with Crippen molar-refractivity contribution >= 4 is 0 Å². The summed E-state index contributed by atoms with van der Waals surface area (Å²) in [5.74, 6) is 0. The van der Waals surface area contributed by atoms with Gasteiger partial charge in [-0.3, -0.25) is 0 Å². The maximum absolute atomic E-state index is 9.15. The molecule has 0 aromatic carbocycles. The largest absolute Gasteiger partial charge is 0.396 e. The molecule has 1 aliphatic heterocycles. The molecule has 13 heavy (non-hydrogen) atoms. The SMILES string of the molecule is CC(C)(C)CNCC1(CO)COC1. The first kappa shape index (κ1) is 11.0. The molecule has 1 aliphatic rings. The minimum Gasteiger partial charge on any atom is -0.396 e. The van der Waals surface area contributed by atoms with Gasteiger partial charge in [-0.05, 0) is 5.41 Å². The normalized spacial score (nSPS) is 21.2. The predicted octanol–water partition coefficient (Wildman–Crippen LogP) is 0.631. The van der Waals surface area contributed by atoms with Crippen LogP contribution in [0.2, 0.25) is 0 Å². The van der Waals surface area contributed by atoms with Crippen molar-refractivity contribution in [1.82, 2.24) is 5.32 Å². The Hall–Kier alpha value is -0.120. The van der Waals surface area contributed by atoms with Gasteiger partial charge in [0.1, 0.15) is 0 Å². The molecule has 78 valence electrons. The van der Waals surface area contributed by atoms with E-state index in [2.05, 4.69) is 26.1 Å². The van der Waals surface area contributed by atoms with E-state index in [0.717, 1.165) is 13.1 Å². The monoisotopic (exact) mass is 187 g/mol. The fourth-order valence-electron chi connectivity index (χ4n) is 1.34. The van der Waals surface area contributed by atoms with Gasteiger partial charge in [-0.1, -0.05) is 20.8 Å². The number of hydrogen-bond acceptors (Lipinski definition) is 3. The first-order valence-corrected chi connectivity index (χ1v) is 4.87. The molecule has 0 aliphatic carbocycles. The van der Waals surface area contributed by atoms with Gasteiger partial charge >= 0.3 is 0 Å². The Morgan fingerprint density at radius 3 is 2.31 bits per heavy atom. The van der Waals surface area contributed by atoms with Crippen molar-refractivity contribution in [3.63, 3.8) is 0 Å². The van der Waals surface area contributed by atoms with Crippen LogP contribution < -0.4 is 5.32 Å². The molecule has 1 rings (SSSR count). The fourth-order valence-corrected chi connectivity index (χ4v) is 1.34. The van der Waals surface area contributed by atoms with E-state index in [1.54, 1.807) is 0 Å². The van der Waals surface area contributed by atoms with Gasteiger partial charge in [0, 0.05) is 13.1 Å². The van der Waals surface area contributed by atoms with E-state index in [0.29, 0.717) is 18.6 Å². The van der Waals surface area contributed by atoms with Gasteiger partial charge in [-0.2, -0.15) is 0 Å². The zero-order valence-corrected chi connectivity index (χ0v) is 8.89. The van der Waals surface area contributed by atoms with Gasteiger partial charge in [0.15, 0.2) is 0 Å². The number of nitrogens with one attached hydrogen (secondary N) is 1. The number of aliphatic hydroxyl groups excluding tert-OH is 1. The molecular formula is C10H21NO2. The summed E-state index contributed by atoms with van der Waals surface area (Å²) < 4.78 is 5.11. The molecular weight excluding hydrogens is 166 g/mol. The maximum atomic E-state index is 9.15. The summed E-state index contributed by atoms with van der Waals surface area (Å²) in [5.41, 5.74) is 0.312. The summed E-state index contributed by atoms with van der Waals surface area (Å²) >= 11 is 0. The highest BCUT2D eigenvalue weighted by atomic mass is 16.5. The van der Waals surface area contributed by atoms with Crippen molar-refractivity contribution in [2.24, 2.45) is 10.8 Å². The summed E-state index contributed by atoms with van der Waals surface area (Å²) in [5, 5.41) is 12.5. The third-order valence-electron chi connectivity index (χ3n) is 2.31. The van der Waals surface area contributed by atoms with Crippen molar-refractivity contribution in [3.05, 3.63) is 0 Å². The summed E-state index contributed by atoms with van der Waals surface area (Å²) in [6.07, 6.45) is 0. The predicted molar refractivity (Wildman–Crippen MR) is 52.7 cm³/mol. The quantitative estimate of drug-likeness (QED) is 0.678. The van der Waals surface area contributed by atoms with Gasteiger partial charge < -0.3 is 15.2 Å². The lowest BCUT2D eigenvalue weighted by atomic mass is 9.86. The van der Waals surface area contributed by atoms with Gasteiger partial charge in [0.25, 0.3) is 0 Å². The smallest absolute Gasteiger partial charge is 0.0579 e. The van der Waals surface area contributed by atoms with E-state index in [9.17, 15) is 0 Å². The molecule has 0 atom stereocenters. The molecule has 0 saturated carbocycles. The molecule has 3 heteroatoms. The second-order valence-corrected chi connectivity index (χ2v) is 5.32. The number of hydrogen-bond donors (Lipinski definition) is 2. The summed E-state index contributed by atoms with van der Waals surface area (Å²) in [6, 6.07) is 0. The van der Waals surface area contributed by atoms with E-state index in [1.807, 2.05) is 0 Å². The van der Waals surface area contributed by atoms with Crippen molar-refractivity contribution < 1.29 is 9.84 Å². The minimum atomic E-state index is 0.00521. The van der Waals surface area contributed by atoms with Gasteiger partial charge in [0.05, 0.1) is 25.2 Å². The lowest BCUT2D eigenvalue weighted by Crippen LogP contribution is -2.53. The second-order valence-electron chi connectivity index (χ2n) is 5.32. The molecule has 0 radical (unpaired) electrons. The highest BCUT2D eigenvalue weighted by Gasteiger charge is 2.37.